The Morgan fingerprint density at radius 2 is 1.67 bits per heavy atom. The summed E-state index contributed by atoms with van der Waals surface area (Å²) in [4.78, 5) is 43.5. The SMILES string of the molecule is O=Nc1ccc(C(=O)NC2=CCC(c3nc4ccc(C(=O)Nc5ccc(F)cc5)cc4[nH]3)C=C2)cc1. The lowest BCUT2D eigenvalue weighted by Crippen LogP contribution is -2.23. The molecule has 0 bridgehead atoms. The zero-order chi connectivity index (χ0) is 25.1. The van der Waals surface area contributed by atoms with E-state index < -0.39 is 0 Å². The lowest BCUT2D eigenvalue weighted by atomic mass is 9.98. The Balaban J connectivity index is 1.24. The molecule has 2 amide bonds. The summed E-state index contributed by atoms with van der Waals surface area (Å²) in [5.74, 6) is -0.235. The fraction of sp³-hybridized carbons (Fsp3) is 0.0741. The topological polar surface area (TPSA) is 116 Å². The van der Waals surface area contributed by atoms with Gasteiger partial charge in [0, 0.05) is 28.4 Å². The van der Waals surface area contributed by atoms with Gasteiger partial charge in [0.2, 0.25) is 0 Å². The number of H-pyrrole nitrogens is 1. The summed E-state index contributed by atoms with van der Waals surface area (Å²) in [6, 6.07) is 16.8. The lowest BCUT2D eigenvalue weighted by molar-refractivity contribution is 0.0965. The molecule has 0 saturated heterocycles. The van der Waals surface area contributed by atoms with E-state index in [1.807, 2.05) is 18.2 Å². The molecule has 3 N–H and O–H groups in total. The van der Waals surface area contributed by atoms with E-state index in [4.69, 9.17) is 0 Å². The first-order valence-electron chi connectivity index (χ1n) is 11.2. The van der Waals surface area contributed by atoms with Crippen LogP contribution in [0.5, 0.6) is 0 Å². The largest absolute Gasteiger partial charge is 0.341 e. The molecule has 1 atom stereocenters. The molecule has 1 aliphatic carbocycles. The number of aromatic amines is 1. The second-order valence-electron chi connectivity index (χ2n) is 8.27. The zero-order valence-corrected chi connectivity index (χ0v) is 18.9. The van der Waals surface area contributed by atoms with Crippen molar-refractivity contribution in [3.05, 3.63) is 118 Å². The van der Waals surface area contributed by atoms with E-state index in [2.05, 4.69) is 25.8 Å². The number of nitrogens with zero attached hydrogens (tertiary/aromatic N) is 2. The number of allylic oxidation sites excluding steroid dienone is 3. The third-order valence-electron chi connectivity index (χ3n) is 5.81. The minimum absolute atomic E-state index is 0.0208. The quantitative estimate of drug-likeness (QED) is 0.306. The first kappa shape index (κ1) is 22.9. The molecule has 4 aromatic rings. The van der Waals surface area contributed by atoms with Gasteiger partial charge in [-0.25, -0.2) is 9.37 Å². The highest BCUT2D eigenvalue weighted by Crippen LogP contribution is 2.27. The van der Waals surface area contributed by atoms with Crippen molar-refractivity contribution in [3.63, 3.8) is 0 Å². The third kappa shape index (κ3) is 4.95. The molecular weight excluding hydrogens is 461 g/mol. The summed E-state index contributed by atoms with van der Waals surface area (Å²) in [6.07, 6.45) is 6.31. The second kappa shape index (κ2) is 9.75. The smallest absolute Gasteiger partial charge is 0.255 e. The summed E-state index contributed by atoms with van der Waals surface area (Å²) >= 11 is 0. The highest BCUT2D eigenvalue weighted by Gasteiger charge is 2.17. The summed E-state index contributed by atoms with van der Waals surface area (Å²) in [5.41, 5.74) is 3.76. The van der Waals surface area contributed by atoms with Crippen molar-refractivity contribution >= 4 is 34.2 Å². The molecule has 1 heterocycles. The number of nitrogens with one attached hydrogen (secondary N) is 3. The van der Waals surface area contributed by atoms with Gasteiger partial charge in [0.15, 0.2) is 0 Å². The van der Waals surface area contributed by atoms with Gasteiger partial charge in [-0.2, -0.15) is 0 Å². The number of rotatable bonds is 6. The molecule has 0 radical (unpaired) electrons. The third-order valence-corrected chi connectivity index (χ3v) is 5.81. The number of carbonyl (C=O) groups is 2. The van der Waals surface area contributed by atoms with Crippen LogP contribution in [0.4, 0.5) is 15.8 Å². The van der Waals surface area contributed by atoms with Crippen molar-refractivity contribution in [2.75, 3.05) is 5.32 Å². The number of hydrogen-bond acceptors (Lipinski definition) is 5. The second-order valence-corrected chi connectivity index (χ2v) is 8.27. The maximum atomic E-state index is 13.1. The van der Waals surface area contributed by atoms with Gasteiger partial charge in [0.05, 0.1) is 11.0 Å². The van der Waals surface area contributed by atoms with Gasteiger partial charge in [-0.3, -0.25) is 9.59 Å². The number of benzene rings is 3. The highest BCUT2D eigenvalue weighted by molar-refractivity contribution is 6.05. The van der Waals surface area contributed by atoms with Crippen LogP contribution in [0.15, 0.2) is 95.8 Å². The Morgan fingerprint density at radius 3 is 2.36 bits per heavy atom. The van der Waals surface area contributed by atoms with Gasteiger partial charge in [0.1, 0.15) is 17.3 Å². The van der Waals surface area contributed by atoms with E-state index in [-0.39, 0.29) is 29.2 Å². The van der Waals surface area contributed by atoms with E-state index in [1.165, 1.54) is 36.4 Å². The molecule has 9 heteroatoms. The molecule has 5 rings (SSSR count). The van der Waals surface area contributed by atoms with Crippen LogP contribution >= 0.6 is 0 Å². The minimum atomic E-state index is -0.372. The van der Waals surface area contributed by atoms with Crippen LogP contribution in [0, 0.1) is 10.7 Å². The van der Waals surface area contributed by atoms with Crippen LogP contribution in [0.2, 0.25) is 0 Å². The molecule has 36 heavy (non-hydrogen) atoms. The number of halogens is 1. The standard InChI is InChI=1S/C27H20FN5O3/c28-19-6-12-21(13-7-19)30-27(35)18-5-14-23-24(15-18)32-25(31-23)16-1-8-20(9-2-16)29-26(34)17-3-10-22(33-36)11-4-17/h1,3-16H,2H2,(H,29,34)(H,30,35)(H,31,32). The predicted octanol–water partition coefficient (Wildman–Crippen LogP) is 5.71. The van der Waals surface area contributed by atoms with Gasteiger partial charge in [0.25, 0.3) is 11.8 Å². The number of anilines is 1. The van der Waals surface area contributed by atoms with Crippen LogP contribution in [0.1, 0.15) is 38.9 Å². The van der Waals surface area contributed by atoms with Gasteiger partial charge in [-0.1, -0.05) is 12.2 Å². The number of amides is 2. The Hall–Kier alpha value is -4.92. The molecule has 1 unspecified atom stereocenters. The number of aromatic nitrogens is 2. The maximum Gasteiger partial charge on any atom is 0.255 e. The first-order valence-corrected chi connectivity index (χ1v) is 11.2. The van der Waals surface area contributed by atoms with Crippen molar-refractivity contribution < 1.29 is 14.0 Å². The Bertz CT molecular complexity index is 1520. The van der Waals surface area contributed by atoms with Crippen LogP contribution in [0.3, 0.4) is 0 Å². The van der Waals surface area contributed by atoms with Gasteiger partial charge in [-0.05, 0) is 84.4 Å². The van der Waals surface area contributed by atoms with Crippen molar-refractivity contribution in [1.29, 1.82) is 0 Å². The van der Waals surface area contributed by atoms with Gasteiger partial charge < -0.3 is 15.6 Å². The van der Waals surface area contributed by atoms with Crippen molar-refractivity contribution in [2.24, 2.45) is 5.18 Å². The monoisotopic (exact) mass is 481 g/mol. The van der Waals surface area contributed by atoms with Crippen molar-refractivity contribution in [2.45, 2.75) is 12.3 Å². The summed E-state index contributed by atoms with van der Waals surface area (Å²) < 4.78 is 13.1. The van der Waals surface area contributed by atoms with E-state index in [1.54, 1.807) is 30.3 Å². The average molecular weight is 481 g/mol. The van der Waals surface area contributed by atoms with Crippen molar-refractivity contribution in [3.8, 4) is 0 Å². The van der Waals surface area contributed by atoms with Gasteiger partial charge >= 0.3 is 0 Å². The maximum absolute atomic E-state index is 13.1. The molecule has 1 aliphatic rings. The van der Waals surface area contributed by atoms with Crippen LogP contribution in [-0.4, -0.2) is 21.8 Å². The molecule has 0 saturated carbocycles. The molecule has 0 fully saturated rings. The lowest BCUT2D eigenvalue weighted by Gasteiger charge is -2.15. The fourth-order valence-electron chi connectivity index (χ4n) is 3.88. The molecule has 0 aliphatic heterocycles. The Morgan fingerprint density at radius 1 is 0.944 bits per heavy atom. The molecular formula is C27H20FN5O3. The average Bonchev–Trinajstić information content (AvgIpc) is 3.34. The zero-order valence-electron chi connectivity index (χ0n) is 18.9. The van der Waals surface area contributed by atoms with Gasteiger partial charge in [-0.15, -0.1) is 4.91 Å². The molecule has 3 aromatic carbocycles. The summed E-state index contributed by atoms with van der Waals surface area (Å²) in [6.45, 7) is 0. The van der Waals surface area contributed by atoms with Crippen molar-refractivity contribution in [1.82, 2.24) is 15.3 Å². The minimum Gasteiger partial charge on any atom is -0.341 e. The Labute approximate surface area is 204 Å². The summed E-state index contributed by atoms with van der Waals surface area (Å²) in [7, 11) is 0. The Kier molecular flexibility index (Phi) is 6.19. The fourth-order valence-corrected chi connectivity index (χ4v) is 3.88. The summed E-state index contributed by atoms with van der Waals surface area (Å²) in [5, 5.41) is 8.42. The first-order chi connectivity index (χ1) is 17.5. The number of fused-ring (bicyclic) bond motifs is 1. The number of nitroso groups, excluding NO2 is 1. The van der Waals surface area contributed by atoms with Crippen LogP contribution < -0.4 is 10.6 Å². The normalized spacial score (nSPS) is 14.8. The molecule has 178 valence electrons. The van der Waals surface area contributed by atoms with E-state index >= 15 is 0 Å². The van der Waals surface area contributed by atoms with Crippen LogP contribution in [0.25, 0.3) is 11.0 Å². The van der Waals surface area contributed by atoms with Crippen LogP contribution in [-0.2, 0) is 0 Å². The number of carbonyl (C=O) groups excluding carboxylic acids is 2. The van der Waals surface area contributed by atoms with E-state index in [0.717, 1.165) is 16.9 Å². The molecule has 0 spiro atoms. The number of imidazole rings is 1. The highest BCUT2D eigenvalue weighted by atomic mass is 19.1. The van der Waals surface area contributed by atoms with E-state index in [9.17, 15) is 18.9 Å². The van der Waals surface area contributed by atoms with E-state index in [0.29, 0.717) is 28.9 Å². The number of hydrogen-bond donors (Lipinski definition) is 3. The predicted molar refractivity (Wildman–Crippen MR) is 134 cm³/mol. The molecule has 8 nitrogen and oxygen atoms in total. The molecule has 1 aromatic heterocycles.